The quantitative estimate of drug-likeness (QED) is 0.332. The van der Waals surface area contributed by atoms with Crippen molar-refractivity contribution in [3.63, 3.8) is 0 Å². The Bertz CT molecular complexity index is 863. The van der Waals surface area contributed by atoms with Crippen LogP contribution in [0.4, 0.5) is 0 Å². The van der Waals surface area contributed by atoms with E-state index in [9.17, 15) is 9.59 Å². The first kappa shape index (κ1) is 22.2. The number of halogens is 2. The Morgan fingerprint density at radius 1 is 0.741 bits per heavy atom. The topological polar surface area (TPSA) is 34.1 Å². The van der Waals surface area contributed by atoms with Gasteiger partial charge in [-0.05, 0) is 84.9 Å². The van der Waals surface area contributed by atoms with Gasteiger partial charge >= 0.3 is 0 Å². The van der Waals surface area contributed by atoms with Crippen LogP contribution in [0.15, 0.2) is 80.3 Å². The molecule has 2 nitrogen and oxygen atoms in total. The summed E-state index contributed by atoms with van der Waals surface area (Å²) in [5.41, 5.74) is 0.927. The van der Waals surface area contributed by atoms with Crippen LogP contribution in [0.2, 0.25) is 10.0 Å². The first-order chi connectivity index (χ1) is 12.7. The molecule has 0 radical (unpaired) electrons. The summed E-state index contributed by atoms with van der Waals surface area (Å²) in [6.07, 6.45) is 0. The smallest absolute Gasteiger partial charge is 0.219 e. The van der Waals surface area contributed by atoms with E-state index in [1.165, 1.54) is 11.8 Å². The van der Waals surface area contributed by atoms with Crippen LogP contribution in [0.5, 0.6) is 0 Å². The molecule has 0 aromatic heterocycles. The fourth-order valence-corrected chi connectivity index (χ4v) is 5.04. The van der Waals surface area contributed by atoms with E-state index in [2.05, 4.69) is 13.2 Å². The van der Waals surface area contributed by atoms with Crippen molar-refractivity contribution < 1.29 is 9.59 Å². The molecule has 0 aliphatic heterocycles. The lowest BCUT2D eigenvalue weighted by Crippen LogP contribution is -1.94. The van der Waals surface area contributed by atoms with Crippen LogP contribution in [-0.2, 0) is 9.59 Å². The first-order valence-corrected chi connectivity index (χ1v) is 10.9. The molecule has 0 unspecified atom stereocenters. The number of hydrogen-bond donors (Lipinski definition) is 0. The number of thioether (sulfide) groups is 2. The maximum atomic E-state index is 12.1. The van der Waals surface area contributed by atoms with Crippen molar-refractivity contribution in [1.29, 1.82) is 0 Å². The van der Waals surface area contributed by atoms with E-state index in [1.54, 1.807) is 38.1 Å². The Kier molecular flexibility index (Phi) is 8.13. The van der Waals surface area contributed by atoms with Gasteiger partial charge < -0.3 is 0 Å². The molecule has 0 bridgehead atoms. The minimum absolute atomic E-state index is 0.123. The van der Waals surface area contributed by atoms with Gasteiger partial charge in [-0.2, -0.15) is 0 Å². The second-order valence-corrected chi connectivity index (χ2v) is 9.61. The Hall–Kier alpha value is -1.11. The Morgan fingerprint density at radius 3 is 1.44 bits per heavy atom. The molecule has 7 heteroatoms. The van der Waals surface area contributed by atoms with Crippen molar-refractivity contribution in [2.75, 3.05) is 0 Å². The molecule has 0 aliphatic carbocycles. The van der Waals surface area contributed by atoms with Crippen molar-refractivity contribution in [3.8, 4) is 0 Å². The molecule has 0 amide bonds. The molecule has 2 aromatic rings. The van der Waals surface area contributed by atoms with Gasteiger partial charge in [-0.25, -0.2) is 0 Å². The van der Waals surface area contributed by atoms with Gasteiger partial charge in [0.25, 0.3) is 0 Å². The fraction of sp³-hybridized carbons (Fsp3) is 0.100. The summed E-state index contributed by atoms with van der Waals surface area (Å²) >= 11 is 15.8. The first-order valence-electron chi connectivity index (χ1n) is 7.69. The molecule has 0 saturated carbocycles. The Morgan fingerprint density at radius 2 is 1.11 bits per heavy atom. The van der Waals surface area contributed by atoms with Gasteiger partial charge in [0, 0.05) is 29.6 Å². The molecule has 0 heterocycles. The molecule has 0 spiro atoms. The van der Waals surface area contributed by atoms with E-state index in [1.807, 2.05) is 12.1 Å². The zero-order valence-corrected chi connectivity index (χ0v) is 18.6. The summed E-state index contributed by atoms with van der Waals surface area (Å²) in [6.45, 7) is 10.7. The van der Waals surface area contributed by atoms with Gasteiger partial charge in [0.05, 0.1) is 0 Å². The Balaban J connectivity index is 2.39. The average Bonchev–Trinajstić information content (AvgIpc) is 2.59. The SMILES string of the molecule is C=C(C)C(=O)Sc1cc(Cl)ccc1Sc1ccc(Cl)cc1SC(=O)C(=C)C. The summed E-state index contributed by atoms with van der Waals surface area (Å²) in [5, 5.41) is 0.837. The van der Waals surface area contributed by atoms with Crippen LogP contribution < -0.4 is 0 Å². The number of hydrogen-bond acceptors (Lipinski definition) is 5. The molecule has 140 valence electrons. The van der Waals surface area contributed by atoms with Crippen LogP contribution in [0.1, 0.15) is 13.8 Å². The van der Waals surface area contributed by atoms with Gasteiger partial charge in [-0.1, -0.05) is 48.1 Å². The van der Waals surface area contributed by atoms with E-state index in [-0.39, 0.29) is 10.2 Å². The van der Waals surface area contributed by atoms with Crippen LogP contribution in [0.3, 0.4) is 0 Å². The highest BCUT2D eigenvalue weighted by atomic mass is 35.5. The Labute approximate surface area is 181 Å². The standard InChI is InChI=1S/C20H16Cl2O2S3/c1-11(2)19(23)26-17-9-13(21)5-7-15(17)25-16-8-6-14(22)10-18(16)27-20(24)12(3)4/h5-10H,1,3H2,2,4H3. The highest BCUT2D eigenvalue weighted by Gasteiger charge is 2.16. The van der Waals surface area contributed by atoms with Gasteiger partial charge in [0.1, 0.15) is 0 Å². The average molecular weight is 455 g/mol. The summed E-state index contributed by atoms with van der Waals surface area (Å²) in [4.78, 5) is 27.4. The summed E-state index contributed by atoms with van der Waals surface area (Å²) in [7, 11) is 0. The molecule has 0 fully saturated rings. The predicted octanol–water partition coefficient (Wildman–Crippen LogP) is 7.53. The second kappa shape index (κ2) is 9.89. The highest BCUT2D eigenvalue weighted by molar-refractivity contribution is 8.15. The van der Waals surface area contributed by atoms with Crippen LogP contribution >= 0.6 is 58.5 Å². The largest absolute Gasteiger partial charge is 0.282 e. The number of carbonyl (C=O) groups excluding carboxylic acids is 2. The van der Waals surface area contributed by atoms with E-state index < -0.39 is 0 Å². The number of benzene rings is 2. The third kappa shape index (κ3) is 6.47. The van der Waals surface area contributed by atoms with Crippen LogP contribution in [0, 0.1) is 0 Å². The fourth-order valence-electron chi connectivity index (χ4n) is 1.78. The van der Waals surface area contributed by atoms with Crippen molar-refractivity contribution >= 4 is 68.7 Å². The van der Waals surface area contributed by atoms with E-state index in [0.717, 1.165) is 43.1 Å². The number of carbonyl (C=O) groups is 2. The molecule has 0 N–H and O–H groups in total. The lowest BCUT2D eigenvalue weighted by Gasteiger charge is -2.12. The van der Waals surface area contributed by atoms with Crippen molar-refractivity contribution in [2.45, 2.75) is 33.4 Å². The molecule has 0 atom stereocenters. The third-order valence-electron chi connectivity index (χ3n) is 3.13. The molecular formula is C20H16Cl2O2S3. The van der Waals surface area contributed by atoms with Crippen molar-refractivity contribution in [2.24, 2.45) is 0 Å². The van der Waals surface area contributed by atoms with E-state index in [0.29, 0.717) is 21.2 Å². The van der Waals surface area contributed by atoms with Gasteiger partial charge in [-0.3, -0.25) is 9.59 Å². The maximum absolute atomic E-state index is 12.1. The lowest BCUT2D eigenvalue weighted by molar-refractivity contribution is -0.108. The predicted molar refractivity (Wildman–Crippen MR) is 118 cm³/mol. The normalized spacial score (nSPS) is 10.5. The highest BCUT2D eigenvalue weighted by Crippen LogP contribution is 2.42. The molecular weight excluding hydrogens is 439 g/mol. The monoisotopic (exact) mass is 454 g/mol. The zero-order valence-electron chi connectivity index (χ0n) is 14.7. The number of rotatable bonds is 6. The minimum Gasteiger partial charge on any atom is -0.282 e. The van der Waals surface area contributed by atoms with Gasteiger partial charge in [0.15, 0.2) is 0 Å². The summed E-state index contributed by atoms with van der Waals surface area (Å²) in [5.74, 6) is 0. The van der Waals surface area contributed by atoms with Crippen LogP contribution in [0.25, 0.3) is 0 Å². The third-order valence-corrected chi connectivity index (χ3v) is 7.20. The molecule has 0 aliphatic rings. The molecule has 27 heavy (non-hydrogen) atoms. The van der Waals surface area contributed by atoms with Crippen LogP contribution in [-0.4, -0.2) is 10.2 Å². The minimum atomic E-state index is -0.123. The van der Waals surface area contributed by atoms with Gasteiger partial charge in [0.2, 0.25) is 10.2 Å². The van der Waals surface area contributed by atoms with Crippen molar-refractivity contribution in [3.05, 3.63) is 70.7 Å². The van der Waals surface area contributed by atoms with Crippen molar-refractivity contribution in [1.82, 2.24) is 0 Å². The zero-order chi connectivity index (χ0) is 20.1. The molecule has 2 aromatic carbocycles. The van der Waals surface area contributed by atoms with E-state index in [4.69, 9.17) is 23.2 Å². The molecule has 0 saturated heterocycles. The summed E-state index contributed by atoms with van der Waals surface area (Å²) < 4.78 is 0. The maximum Gasteiger partial charge on any atom is 0.219 e. The summed E-state index contributed by atoms with van der Waals surface area (Å²) in [6, 6.07) is 10.7. The van der Waals surface area contributed by atoms with Gasteiger partial charge in [-0.15, -0.1) is 0 Å². The molecule has 2 rings (SSSR count). The second-order valence-electron chi connectivity index (χ2n) is 5.62. The van der Waals surface area contributed by atoms with E-state index >= 15 is 0 Å². The lowest BCUT2D eigenvalue weighted by atomic mass is 10.3.